The number of allylic oxidation sites excluding steroid dienone is 8. The van der Waals surface area contributed by atoms with Crippen molar-refractivity contribution < 1.29 is 26.2 Å². The molecule has 0 N–H and O–H groups in total. The van der Waals surface area contributed by atoms with Crippen LogP contribution < -0.4 is 0 Å². The van der Waals surface area contributed by atoms with Gasteiger partial charge in [0.1, 0.15) is 0 Å². The van der Waals surface area contributed by atoms with Crippen LogP contribution in [0.2, 0.25) is 11.5 Å². The molecule has 0 spiro atoms. The predicted molar refractivity (Wildman–Crippen MR) is 104 cm³/mol. The number of halogens is 2. The molecular weight excluding hydrogens is 451 g/mol. The normalized spacial score (nSPS) is 20.9. The molecule has 0 aliphatic heterocycles. The molecule has 2 rings (SSSR count). The summed E-state index contributed by atoms with van der Waals surface area (Å²) in [5.74, 6) is 5.66. The molecule has 0 aromatic rings. The SMILES string of the molecule is CC1=[C-]C(C)C=C1C.CC1=[C-]C(C)C=C1C.Cl.Cl.[CH3][GeH][CH3].[Zr+2]. The molecule has 2 atom stereocenters. The third kappa shape index (κ3) is 13.4. The average Bonchev–Trinajstić information content (AvgIpc) is 2.72. The van der Waals surface area contributed by atoms with Gasteiger partial charge in [-0.1, -0.05) is 39.5 Å². The Balaban J connectivity index is -0.000000112. The molecule has 1 radical (unpaired) electrons. The number of hydrogen-bond donors (Lipinski definition) is 0. The second-order valence-electron chi connectivity index (χ2n) is 5.39. The first-order valence-corrected chi connectivity index (χ1v) is 12.0. The van der Waals surface area contributed by atoms with E-state index in [1.165, 1.54) is 22.3 Å². The minimum Gasteiger partial charge on any atom is 2.00 e. The third-order valence-corrected chi connectivity index (χ3v) is 3.07. The van der Waals surface area contributed by atoms with Crippen molar-refractivity contribution in [1.82, 2.24) is 0 Å². The molecule has 0 aromatic carbocycles. The summed E-state index contributed by atoms with van der Waals surface area (Å²) in [7, 11) is 0. The van der Waals surface area contributed by atoms with Gasteiger partial charge in [-0.25, -0.2) is 22.3 Å². The van der Waals surface area contributed by atoms with Gasteiger partial charge in [-0.15, -0.1) is 38.7 Å². The molecule has 125 valence electrons. The summed E-state index contributed by atoms with van der Waals surface area (Å²) in [6.07, 6.45) is 11.0. The third-order valence-electron chi connectivity index (χ3n) is 3.07. The van der Waals surface area contributed by atoms with Gasteiger partial charge in [-0.3, -0.25) is 12.2 Å². The van der Waals surface area contributed by atoms with Gasteiger partial charge in [0.15, 0.2) is 0 Å². The van der Waals surface area contributed by atoms with Gasteiger partial charge in [-0.05, 0) is 0 Å². The van der Waals surface area contributed by atoms with Gasteiger partial charge in [-0.2, -0.15) is 12.2 Å². The molecule has 0 fully saturated rings. The van der Waals surface area contributed by atoms with E-state index in [9.17, 15) is 0 Å². The van der Waals surface area contributed by atoms with Crippen LogP contribution >= 0.6 is 24.8 Å². The summed E-state index contributed by atoms with van der Waals surface area (Å²) >= 11 is 0.312. The summed E-state index contributed by atoms with van der Waals surface area (Å²) in [5, 5.41) is 0. The Kier molecular flexibility index (Phi) is 23.5. The Bertz CT molecular complexity index is 335. The van der Waals surface area contributed by atoms with Crippen LogP contribution in [-0.4, -0.2) is 15.4 Å². The van der Waals surface area contributed by atoms with Crippen molar-refractivity contribution in [2.75, 3.05) is 0 Å². The van der Waals surface area contributed by atoms with Crippen molar-refractivity contribution in [3.63, 3.8) is 0 Å². The molecule has 2 unspecified atom stereocenters. The summed E-state index contributed by atoms with van der Waals surface area (Å²) in [4.78, 5) is 0. The summed E-state index contributed by atoms with van der Waals surface area (Å²) in [6, 6.07) is 0. The molecule has 0 amide bonds. The molecule has 0 heterocycles. The van der Waals surface area contributed by atoms with Gasteiger partial charge in [0.25, 0.3) is 0 Å². The van der Waals surface area contributed by atoms with Gasteiger partial charge in [0, 0.05) is 0 Å². The van der Waals surface area contributed by atoms with Crippen molar-refractivity contribution in [3.8, 4) is 0 Å². The zero-order valence-corrected chi connectivity index (χ0v) is 21.7. The first-order valence-electron chi connectivity index (χ1n) is 7.13. The van der Waals surface area contributed by atoms with Gasteiger partial charge >= 0.3 is 53.1 Å². The van der Waals surface area contributed by atoms with E-state index < -0.39 is 0 Å². The Morgan fingerprint density at radius 3 is 1.05 bits per heavy atom. The molecule has 0 aromatic heterocycles. The van der Waals surface area contributed by atoms with E-state index in [4.69, 9.17) is 0 Å². The largest absolute Gasteiger partial charge is 2.00 e. The van der Waals surface area contributed by atoms with Crippen molar-refractivity contribution in [2.45, 2.75) is 53.1 Å². The van der Waals surface area contributed by atoms with Crippen molar-refractivity contribution >= 4 is 40.2 Å². The molecule has 0 saturated carbocycles. The van der Waals surface area contributed by atoms with Gasteiger partial charge in [0.2, 0.25) is 0 Å². The molecular formula is C18H31Cl2GeZr. The minimum absolute atomic E-state index is 0. The Labute approximate surface area is 176 Å². The van der Waals surface area contributed by atoms with Crippen molar-refractivity contribution in [2.24, 2.45) is 11.8 Å². The van der Waals surface area contributed by atoms with Crippen LogP contribution in [0.5, 0.6) is 0 Å². The predicted octanol–water partition coefficient (Wildman–Crippen LogP) is 6.02. The van der Waals surface area contributed by atoms with E-state index in [1.54, 1.807) is 0 Å². The maximum absolute atomic E-state index is 3.29. The van der Waals surface area contributed by atoms with E-state index in [-0.39, 0.29) is 51.0 Å². The molecule has 2 aliphatic rings. The number of rotatable bonds is 0. The zero-order chi connectivity index (χ0) is 15.0. The second-order valence-corrected chi connectivity index (χ2v) is 7.82. The quantitative estimate of drug-likeness (QED) is 0.293. The molecule has 2 aliphatic carbocycles. The van der Waals surface area contributed by atoms with Crippen LogP contribution in [-0.2, 0) is 26.2 Å². The van der Waals surface area contributed by atoms with Crippen LogP contribution in [0.4, 0.5) is 0 Å². The van der Waals surface area contributed by atoms with Crippen molar-refractivity contribution in [1.29, 1.82) is 0 Å². The fraction of sp³-hybridized carbons (Fsp3) is 0.556. The molecule has 22 heavy (non-hydrogen) atoms. The van der Waals surface area contributed by atoms with E-state index >= 15 is 0 Å². The molecule has 0 bridgehead atoms. The second kappa shape index (κ2) is 16.8. The summed E-state index contributed by atoms with van der Waals surface area (Å²) in [6.45, 7) is 12.8. The van der Waals surface area contributed by atoms with Gasteiger partial charge in [0.05, 0.1) is 0 Å². The van der Waals surface area contributed by atoms with Crippen LogP contribution in [0.25, 0.3) is 0 Å². The maximum Gasteiger partial charge on any atom is 2.00 e. The first kappa shape index (κ1) is 30.8. The van der Waals surface area contributed by atoms with Crippen LogP contribution in [0, 0.1) is 24.0 Å². The average molecular weight is 482 g/mol. The maximum atomic E-state index is 3.29. The number of hydrogen-bond acceptors (Lipinski definition) is 0. The first-order chi connectivity index (χ1) is 8.81. The smallest absolute Gasteiger partial charge is 2.00 e. The van der Waals surface area contributed by atoms with E-state index in [1.807, 2.05) is 0 Å². The fourth-order valence-corrected chi connectivity index (χ4v) is 1.99. The summed E-state index contributed by atoms with van der Waals surface area (Å²) in [5.41, 5.74) is 5.41. The van der Waals surface area contributed by atoms with Gasteiger partial charge < -0.3 is 0 Å². The Morgan fingerprint density at radius 2 is 1.00 bits per heavy atom. The topological polar surface area (TPSA) is 0 Å². The zero-order valence-electron chi connectivity index (χ0n) is 15.2. The van der Waals surface area contributed by atoms with E-state index in [0.29, 0.717) is 27.3 Å². The van der Waals surface area contributed by atoms with Crippen molar-refractivity contribution in [3.05, 3.63) is 46.6 Å². The Hall–Kier alpha value is 0.966. The molecule has 0 saturated heterocycles. The summed E-state index contributed by atoms with van der Waals surface area (Å²) < 4.78 is 0. The van der Waals surface area contributed by atoms with Crippen LogP contribution in [0.15, 0.2) is 34.4 Å². The fourth-order valence-electron chi connectivity index (χ4n) is 1.99. The molecule has 0 nitrogen and oxygen atoms in total. The van der Waals surface area contributed by atoms with E-state index in [0.717, 1.165) is 0 Å². The van der Waals surface area contributed by atoms with E-state index in [2.05, 4.69) is 77.4 Å². The van der Waals surface area contributed by atoms with Crippen LogP contribution in [0.3, 0.4) is 0 Å². The molecule has 4 heteroatoms. The van der Waals surface area contributed by atoms with Crippen LogP contribution in [0.1, 0.15) is 41.5 Å². The Morgan fingerprint density at radius 1 is 0.773 bits per heavy atom. The standard InChI is InChI=1S/2C8H11.C2H7Ge.2ClH.Zr/c2*1-6-4-7(2)8(3)5-6;1-3-2;;;/h2*4,6H,1-3H3;3H,1-2H3;2*1H;/q2*-1;;;;+2. The monoisotopic (exact) mass is 481 g/mol. The minimum atomic E-state index is 0.